The topological polar surface area (TPSA) is 0 Å². The van der Waals surface area contributed by atoms with Gasteiger partial charge in [0.1, 0.15) is 0 Å². The van der Waals surface area contributed by atoms with E-state index in [1.54, 1.807) is 0 Å². The lowest BCUT2D eigenvalue weighted by Gasteiger charge is -2.24. The summed E-state index contributed by atoms with van der Waals surface area (Å²) in [6.07, 6.45) is 11.7. The summed E-state index contributed by atoms with van der Waals surface area (Å²) < 4.78 is 0. The molecule has 0 atom stereocenters. The first-order chi connectivity index (χ1) is 4.97. The minimum absolute atomic E-state index is 1.44. The quantitative estimate of drug-likeness (QED) is 0.447. The van der Waals surface area contributed by atoms with E-state index in [0.29, 0.717) is 0 Å². The van der Waals surface area contributed by atoms with E-state index >= 15 is 0 Å². The van der Waals surface area contributed by atoms with Crippen LogP contribution < -0.4 is 0 Å². The molecule has 0 nitrogen and oxygen atoms in total. The fourth-order valence-electron chi connectivity index (χ4n) is 2.04. The van der Waals surface area contributed by atoms with Gasteiger partial charge < -0.3 is 0 Å². The summed E-state index contributed by atoms with van der Waals surface area (Å²) in [5, 5.41) is 0. The van der Waals surface area contributed by atoms with Crippen LogP contribution in [0.3, 0.4) is 0 Å². The first kappa shape index (κ1) is 6.45. The van der Waals surface area contributed by atoms with Crippen molar-refractivity contribution in [2.75, 3.05) is 0 Å². The molecule has 0 heterocycles. The van der Waals surface area contributed by atoms with Gasteiger partial charge >= 0.3 is 0 Å². The van der Waals surface area contributed by atoms with Crippen LogP contribution in [0.2, 0.25) is 0 Å². The zero-order valence-corrected chi connectivity index (χ0v) is 6.66. The molecule has 0 bridgehead atoms. The van der Waals surface area contributed by atoms with Crippen LogP contribution in [0, 0.1) is 0 Å². The highest BCUT2D eigenvalue weighted by Crippen LogP contribution is 2.35. The maximum atomic E-state index is 1.84. The highest BCUT2D eigenvalue weighted by Gasteiger charge is 2.15. The lowest BCUT2D eigenvalue weighted by molar-refractivity contribution is 0.556. The molecule has 0 aromatic carbocycles. The van der Waals surface area contributed by atoms with Gasteiger partial charge in [-0.2, -0.15) is 0 Å². The van der Waals surface area contributed by atoms with Crippen LogP contribution in [0.5, 0.6) is 0 Å². The highest BCUT2D eigenvalue weighted by atomic mass is 14.2. The van der Waals surface area contributed by atoms with Crippen LogP contribution in [0.15, 0.2) is 11.1 Å². The van der Waals surface area contributed by atoms with Crippen molar-refractivity contribution in [3.05, 3.63) is 11.1 Å². The number of allylic oxidation sites excluding steroid dienone is 2. The van der Waals surface area contributed by atoms with Crippen LogP contribution in [0.1, 0.15) is 51.4 Å². The van der Waals surface area contributed by atoms with Crippen molar-refractivity contribution in [3.8, 4) is 0 Å². The molecular weight excluding hydrogens is 120 g/mol. The van der Waals surface area contributed by atoms with E-state index in [2.05, 4.69) is 0 Å². The van der Waals surface area contributed by atoms with Crippen molar-refractivity contribution in [1.82, 2.24) is 0 Å². The van der Waals surface area contributed by atoms with Crippen LogP contribution in [0.4, 0.5) is 0 Å². The van der Waals surface area contributed by atoms with E-state index in [1.165, 1.54) is 51.4 Å². The Morgan fingerprint density at radius 2 is 1.00 bits per heavy atom. The number of rotatable bonds is 0. The van der Waals surface area contributed by atoms with E-state index in [1.807, 2.05) is 11.1 Å². The molecule has 0 unspecified atom stereocenters. The maximum absolute atomic E-state index is 1.84. The summed E-state index contributed by atoms with van der Waals surface area (Å²) in [5.74, 6) is 0. The average molecular weight is 136 g/mol. The molecule has 0 aromatic heterocycles. The van der Waals surface area contributed by atoms with Crippen molar-refractivity contribution in [2.24, 2.45) is 0 Å². The predicted molar refractivity (Wildman–Crippen MR) is 44.0 cm³/mol. The van der Waals surface area contributed by atoms with Gasteiger partial charge in [0.05, 0.1) is 0 Å². The Morgan fingerprint density at radius 1 is 0.500 bits per heavy atom. The molecule has 0 amide bonds. The van der Waals surface area contributed by atoms with Crippen LogP contribution in [0.25, 0.3) is 0 Å². The lowest BCUT2D eigenvalue weighted by atomic mass is 9.82. The molecular formula is C10H16. The van der Waals surface area contributed by atoms with Crippen molar-refractivity contribution in [2.45, 2.75) is 51.4 Å². The zero-order valence-electron chi connectivity index (χ0n) is 6.66. The molecule has 0 aromatic rings. The third kappa shape index (κ3) is 1.12. The molecule has 2 fully saturated rings. The standard InChI is InChI=1S/C10H16/c1-2-5-9(6-3-1)10-7-4-8-10/h1-8H2. The first-order valence-corrected chi connectivity index (χ1v) is 4.66. The second-order valence-electron chi connectivity index (χ2n) is 3.62. The molecule has 0 aliphatic heterocycles. The summed E-state index contributed by atoms with van der Waals surface area (Å²) >= 11 is 0. The maximum Gasteiger partial charge on any atom is -0.0315 e. The van der Waals surface area contributed by atoms with Crippen LogP contribution >= 0.6 is 0 Å². The molecule has 0 radical (unpaired) electrons. The van der Waals surface area contributed by atoms with Crippen molar-refractivity contribution < 1.29 is 0 Å². The smallest absolute Gasteiger partial charge is 0.0315 e. The average Bonchev–Trinajstić information content (AvgIpc) is 1.86. The fourth-order valence-corrected chi connectivity index (χ4v) is 2.04. The largest absolute Gasteiger partial charge is 0.0710 e. The first-order valence-electron chi connectivity index (χ1n) is 4.66. The summed E-state index contributed by atoms with van der Waals surface area (Å²) in [4.78, 5) is 0. The minimum atomic E-state index is 1.44. The lowest BCUT2D eigenvalue weighted by Crippen LogP contribution is -2.05. The Hall–Kier alpha value is -0.260. The Kier molecular flexibility index (Phi) is 1.79. The second-order valence-corrected chi connectivity index (χ2v) is 3.62. The van der Waals surface area contributed by atoms with Gasteiger partial charge in [-0.25, -0.2) is 0 Å². The molecule has 10 heavy (non-hydrogen) atoms. The van der Waals surface area contributed by atoms with Crippen molar-refractivity contribution >= 4 is 0 Å². The van der Waals surface area contributed by atoms with Gasteiger partial charge in [0.15, 0.2) is 0 Å². The molecule has 2 rings (SSSR count). The minimum Gasteiger partial charge on any atom is -0.0710 e. The van der Waals surface area contributed by atoms with Gasteiger partial charge in [0, 0.05) is 0 Å². The molecule has 0 N–H and O–H groups in total. The Morgan fingerprint density at radius 3 is 1.40 bits per heavy atom. The highest BCUT2D eigenvalue weighted by molar-refractivity contribution is 5.20. The number of hydrogen-bond donors (Lipinski definition) is 0. The zero-order chi connectivity index (χ0) is 6.81. The van der Waals surface area contributed by atoms with Crippen molar-refractivity contribution in [1.29, 1.82) is 0 Å². The van der Waals surface area contributed by atoms with Gasteiger partial charge in [-0.15, -0.1) is 0 Å². The van der Waals surface area contributed by atoms with Gasteiger partial charge in [-0.1, -0.05) is 17.6 Å². The summed E-state index contributed by atoms with van der Waals surface area (Å²) in [6, 6.07) is 0. The SMILES string of the molecule is C1CCC(=C2CCC2)CC1. The molecule has 56 valence electrons. The molecule has 0 spiro atoms. The van der Waals surface area contributed by atoms with Gasteiger partial charge in [0.25, 0.3) is 0 Å². The fraction of sp³-hybridized carbons (Fsp3) is 0.800. The van der Waals surface area contributed by atoms with Gasteiger partial charge in [-0.3, -0.25) is 0 Å². The van der Waals surface area contributed by atoms with E-state index in [0.717, 1.165) is 0 Å². The van der Waals surface area contributed by atoms with E-state index in [9.17, 15) is 0 Å². The predicted octanol–water partition coefficient (Wildman–Crippen LogP) is 3.43. The van der Waals surface area contributed by atoms with E-state index < -0.39 is 0 Å². The Labute approximate surface area is 63.3 Å². The summed E-state index contributed by atoms with van der Waals surface area (Å²) in [6.45, 7) is 0. The van der Waals surface area contributed by atoms with Gasteiger partial charge in [0.2, 0.25) is 0 Å². The Balaban J connectivity index is 2.00. The van der Waals surface area contributed by atoms with Gasteiger partial charge in [-0.05, 0) is 44.9 Å². The van der Waals surface area contributed by atoms with E-state index in [-0.39, 0.29) is 0 Å². The van der Waals surface area contributed by atoms with Crippen molar-refractivity contribution in [3.63, 3.8) is 0 Å². The van der Waals surface area contributed by atoms with Crippen LogP contribution in [-0.4, -0.2) is 0 Å². The molecule has 2 aliphatic carbocycles. The Bertz CT molecular complexity index is 139. The third-order valence-corrected chi connectivity index (χ3v) is 2.91. The number of hydrogen-bond acceptors (Lipinski definition) is 0. The monoisotopic (exact) mass is 136 g/mol. The molecule has 0 saturated heterocycles. The molecule has 0 heteroatoms. The molecule has 2 aliphatic rings. The second kappa shape index (κ2) is 2.77. The van der Waals surface area contributed by atoms with E-state index in [4.69, 9.17) is 0 Å². The summed E-state index contributed by atoms with van der Waals surface area (Å²) in [5.41, 5.74) is 3.68. The normalized spacial score (nSPS) is 26.4. The molecule has 2 saturated carbocycles. The summed E-state index contributed by atoms with van der Waals surface area (Å²) in [7, 11) is 0. The van der Waals surface area contributed by atoms with Crippen LogP contribution in [-0.2, 0) is 0 Å². The third-order valence-electron chi connectivity index (χ3n) is 2.91.